The van der Waals surface area contributed by atoms with Crippen LogP contribution in [0.3, 0.4) is 0 Å². The standard InChI is InChI=1S/C15H12F3N5O2/c16-15(17,18)14(21-12-19-7-4-8-20-12)11(24)23(13(25)22-14)9-10-5-2-1-3-6-10/h1-8H,9H2,(H,22,25)(H,19,20,21). The molecule has 1 unspecified atom stereocenters. The summed E-state index contributed by atoms with van der Waals surface area (Å²) in [4.78, 5) is 32.3. The molecule has 1 atom stereocenters. The van der Waals surface area contributed by atoms with Crippen LogP contribution >= 0.6 is 0 Å². The van der Waals surface area contributed by atoms with Gasteiger partial charge in [-0.25, -0.2) is 14.8 Å². The number of carbonyl (C=O) groups is 2. The van der Waals surface area contributed by atoms with Crippen molar-refractivity contribution in [3.63, 3.8) is 0 Å². The molecule has 1 aliphatic rings. The van der Waals surface area contributed by atoms with E-state index in [1.165, 1.54) is 18.5 Å². The number of imide groups is 1. The van der Waals surface area contributed by atoms with Gasteiger partial charge in [-0.1, -0.05) is 30.3 Å². The molecule has 1 fully saturated rings. The van der Waals surface area contributed by atoms with E-state index in [-0.39, 0.29) is 6.54 Å². The molecule has 1 aromatic carbocycles. The molecular formula is C15H12F3N5O2. The Morgan fingerprint density at radius 3 is 2.32 bits per heavy atom. The van der Waals surface area contributed by atoms with Gasteiger partial charge in [-0.05, 0) is 11.6 Å². The first kappa shape index (κ1) is 16.7. The summed E-state index contributed by atoms with van der Waals surface area (Å²) in [7, 11) is 0. The Labute approximate surface area is 139 Å². The third kappa shape index (κ3) is 2.97. The predicted octanol–water partition coefficient (Wildman–Crippen LogP) is 1.90. The molecule has 0 saturated carbocycles. The van der Waals surface area contributed by atoms with E-state index in [1.807, 2.05) is 5.32 Å². The highest BCUT2D eigenvalue weighted by atomic mass is 19.4. The minimum atomic E-state index is -5.11. The van der Waals surface area contributed by atoms with Gasteiger partial charge < -0.3 is 5.32 Å². The van der Waals surface area contributed by atoms with Crippen molar-refractivity contribution in [2.75, 3.05) is 5.32 Å². The van der Waals surface area contributed by atoms with Crippen molar-refractivity contribution in [3.05, 3.63) is 54.4 Å². The zero-order valence-corrected chi connectivity index (χ0v) is 12.6. The number of anilines is 1. The van der Waals surface area contributed by atoms with Crippen LogP contribution in [0, 0.1) is 0 Å². The number of halogens is 3. The van der Waals surface area contributed by atoms with Crippen LogP contribution in [0.4, 0.5) is 23.9 Å². The average Bonchev–Trinajstić information content (AvgIpc) is 2.82. The number of urea groups is 1. The number of carbonyl (C=O) groups excluding carboxylic acids is 2. The Morgan fingerprint density at radius 1 is 1.08 bits per heavy atom. The molecule has 0 bridgehead atoms. The van der Waals surface area contributed by atoms with Crippen molar-refractivity contribution in [2.24, 2.45) is 0 Å². The minimum absolute atomic E-state index is 0.291. The van der Waals surface area contributed by atoms with E-state index >= 15 is 0 Å². The fraction of sp³-hybridized carbons (Fsp3) is 0.200. The van der Waals surface area contributed by atoms with E-state index in [2.05, 4.69) is 9.97 Å². The van der Waals surface area contributed by atoms with Crippen LogP contribution in [-0.2, 0) is 11.3 Å². The third-order valence-corrected chi connectivity index (χ3v) is 3.58. The molecule has 2 N–H and O–H groups in total. The molecule has 3 rings (SSSR count). The SMILES string of the molecule is O=C1NC(Nc2ncccn2)(C(F)(F)F)C(=O)N1Cc1ccccc1. The summed E-state index contributed by atoms with van der Waals surface area (Å²) < 4.78 is 41.0. The molecule has 2 aromatic rings. The van der Waals surface area contributed by atoms with Crippen molar-refractivity contribution in [1.82, 2.24) is 20.2 Å². The van der Waals surface area contributed by atoms with Gasteiger partial charge in [-0.3, -0.25) is 15.0 Å². The number of amides is 3. The Bertz CT molecular complexity index is 785. The lowest BCUT2D eigenvalue weighted by atomic mass is 10.1. The van der Waals surface area contributed by atoms with E-state index in [9.17, 15) is 22.8 Å². The molecule has 1 saturated heterocycles. The first-order valence-electron chi connectivity index (χ1n) is 7.13. The summed E-state index contributed by atoms with van der Waals surface area (Å²) in [6.07, 6.45) is -2.69. The monoisotopic (exact) mass is 351 g/mol. The number of aromatic nitrogens is 2. The van der Waals surface area contributed by atoms with Crippen LogP contribution in [0.5, 0.6) is 0 Å². The van der Waals surface area contributed by atoms with Crippen LogP contribution in [0.15, 0.2) is 48.8 Å². The zero-order valence-electron chi connectivity index (χ0n) is 12.6. The average molecular weight is 351 g/mol. The lowest BCUT2D eigenvalue weighted by Gasteiger charge is -2.29. The summed E-state index contributed by atoms with van der Waals surface area (Å²) >= 11 is 0. The Morgan fingerprint density at radius 2 is 1.72 bits per heavy atom. The van der Waals surface area contributed by atoms with E-state index < -0.39 is 29.7 Å². The van der Waals surface area contributed by atoms with Gasteiger partial charge in [0.25, 0.3) is 11.6 Å². The molecule has 0 aliphatic carbocycles. The first-order valence-corrected chi connectivity index (χ1v) is 7.13. The van der Waals surface area contributed by atoms with Crippen molar-refractivity contribution in [3.8, 4) is 0 Å². The van der Waals surface area contributed by atoms with Crippen LogP contribution in [0.1, 0.15) is 5.56 Å². The molecule has 1 aromatic heterocycles. The van der Waals surface area contributed by atoms with E-state index in [0.717, 1.165) is 0 Å². The van der Waals surface area contributed by atoms with Crippen LogP contribution in [0.25, 0.3) is 0 Å². The van der Waals surface area contributed by atoms with Crippen molar-refractivity contribution in [1.29, 1.82) is 0 Å². The second-order valence-corrected chi connectivity index (χ2v) is 5.25. The summed E-state index contributed by atoms with van der Waals surface area (Å²) in [6, 6.07) is 8.46. The van der Waals surface area contributed by atoms with Gasteiger partial charge in [0.1, 0.15) is 0 Å². The molecule has 25 heavy (non-hydrogen) atoms. The van der Waals surface area contributed by atoms with Crippen LogP contribution < -0.4 is 10.6 Å². The van der Waals surface area contributed by atoms with Gasteiger partial charge >= 0.3 is 12.2 Å². The fourth-order valence-electron chi connectivity index (χ4n) is 2.36. The van der Waals surface area contributed by atoms with E-state index in [1.54, 1.807) is 35.6 Å². The number of alkyl halides is 3. The van der Waals surface area contributed by atoms with Crippen molar-refractivity contribution >= 4 is 17.9 Å². The summed E-state index contributed by atoms with van der Waals surface area (Å²) in [5.74, 6) is -1.91. The van der Waals surface area contributed by atoms with Crippen molar-refractivity contribution < 1.29 is 22.8 Å². The third-order valence-electron chi connectivity index (χ3n) is 3.58. The lowest BCUT2D eigenvalue weighted by Crippen LogP contribution is -2.64. The van der Waals surface area contributed by atoms with Gasteiger partial charge in [0.2, 0.25) is 5.95 Å². The van der Waals surface area contributed by atoms with Gasteiger partial charge in [0.05, 0.1) is 6.54 Å². The molecule has 10 heteroatoms. The molecule has 7 nitrogen and oxygen atoms in total. The highest BCUT2D eigenvalue weighted by Crippen LogP contribution is 2.36. The number of rotatable bonds is 4. The van der Waals surface area contributed by atoms with Gasteiger partial charge in [-0.15, -0.1) is 0 Å². The predicted molar refractivity (Wildman–Crippen MR) is 80.0 cm³/mol. The Kier molecular flexibility index (Phi) is 4.03. The first-order chi connectivity index (χ1) is 11.8. The second-order valence-electron chi connectivity index (χ2n) is 5.25. The maximum Gasteiger partial charge on any atom is 0.440 e. The summed E-state index contributed by atoms with van der Waals surface area (Å²) in [5, 5.41) is 3.62. The molecule has 130 valence electrons. The smallest absolute Gasteiger partial charge is 0.316 e. The minimum Gasteiger partial charge on any atom is -0.316 e. The number of hydrogen-bond acceptors (Lipinski definition) is 5. The normalized spacial score (nSPS) is 20.5. The Balaban J connectivity index is 1.94. The molecule has 1 aliphatic heterocycles. The molecule has 0 spiro atoms. The van der Waals surface area contributed by atoms with Gasteiger partial charge in [0.15, 0.2) is 0 Å². The summed E-state index contributed by atoms with van der Waals surface area (Å²) in [5.41, 5.74) is -2.81. The fourth-order valence-corrected chi connectivity index (χ4v) is 2.36. The van der Waals surface area contributed by atoms with Gasteiger partial charge in [0, 0.05) is 12.4 Å². The zero-order chi connectivity index (χ0) is 18.1. The molecule has 0 radical (unpaired) electrons. The number of nitrogens with zero attached hydrogens (tertiary/aromatic N) is 3. The van der Waals surface area contributed by atoms with Crippen molar-refractivity contribution in [2.45, 2.75) is 18.4 Å². The quantitative estimate of drug-likeness (QED) is 0.822. The maximum absolute atomic E-state index is 13.7. The number of nitrogens with one attached hydrogen (secondary N) is 2. The van der Waals surface area contributed by atoms with Crippen LogP contribution in [-0.4, -0.2) is 38.6 Å². The second kappa shape index (κ2) is 6.04. The van der Waals surface area contributed by atoms with E-state index in [4.69, 9.17) is 0 Å². The largest absolute Gasteiger partial charge is 0.440 e. The lowest BCUT2D eigenvalue weighted by molar-refractivity contribution is -0.188. The number of benzene rings is 1. The molecule has 2 heterocycles. The highest BCUT2D eigenvalue weighted by Gasteiger charge is 2.68. The number of hydrogen-bond donors (Lipinski definition) is 2. The topological polar surface area (TPSA) is 87.2 Å². The van der Waals surface area contributed by atoms with Crippen LogP contribution in [0.2, 0.25) is 0 Å². The summed E-state index contributed by atoms with van der Waals surface area (Å²) in [6.45, 7) is -0.291. The Hall–Kier alpha value is -3.17. The molecular weight excluding hydrogens is 339 g/mol. The highest BCUT2D eigenvalue weighted by molar-refractivity contribution is 6.08. The van der Waals surface area contributed by atoms with Gasteiger partial charge in [-0.2, -0.15) is 13.2 Å². The maximum atomic E-state index is 13.7. The molecule has 3 amide bonds. The van der Waals surface area contributed by atoms with E-state index in [0.29, 0.717) is 10.5 Å².